The Hall–Kier alpha value is -1.85. The summed E-state index contributed by atoms with van der Waals surface area (Å²) in [6.07, 6.45) is 1.34. The van der Waals surface area contributed by atoms with E-state index in [1.807, 2.05) is 0 Å². The van der Waals surface area contributed by atoms with Crippen molar-refractivity contribution in [2.75, 3.05) is 18.1 Å². The van der Waals surface area contributed by atoms with Crippen LogP contribution in [-0.2, 0) is 4.79 Å². The first-order chi connectivity index (χ1) is 6.63. The molecule has 6 nitrogen and oxygen atoms in total. The van der Waals surface area contributed by atoms with Gasteiger partial charge < -0.3 is 16.4 Å². The molecular formula is C8H13N5O. The first kappa shape index (κ1) is 10.2. The zero-order valence-electron chi connectivity index (χ0n) is 8.11. The average Bonchev–Trinajstić information content (AvgIpc) is 2.16. The van der Waals surface area contributed by atoms with E-state index in [0.29, 0.717) is 11.6 Å². The van der Waals surface area contributed by atoms with Gasteiger partial charge in [-0.2, -0.15) is 0 Å². The SMILES string of the molecule is CNC(=O)C(C)Nc1cc(N)ncn1. The molecule has 0 fully saturated rings. The summed E-state index contributed by atoms with van der Waals surface area (Å²) < 4.78 is 0. The highest BCUT2D eigenvalue weighted by atomic mass is 16.2. The Morgan fingerprint density at radius 1 is 1.57 bits per heavy atom. The largest absolute Gasteiger partial charge is 0.384 e. The number of amides is 1. The highest BCUT2D eigenvalue weighted by molar-refractivity contribution is 5.83. The third-order valence-corrected chi connectivity index (χ3v) is 1.69. The molecule has 1 unspecified atom stereocenters. The number of nitrogens with zero attached hydrogens (tertiary/aromatic N) is 2. The van der Waals surface area contributed by atoms with E-state index in [-0.39, 0.29) is 11.9 Å². The molecule has 4 N–H and O–H groups in total. The summed E-state index contributed by atoms with van der Waals surface area (Å²) in [4.78, 5) is 18.8. The number of hydrogen-bond donors (Lipinski definition) is 3. The summed E-state index contributed by atoms with van der Waals surface area (Å²) in [5.41, 5.74) is 5.45. The number of rotatable bonds is 3. The summed E-state index contributed by atoms with van der Waals surface area (Å²) >= 11 is 0. The monoisotopic (exact) mass is 195 g/mol. The minimum atomic E-state index is -0.353. The van der Waals surface area contributed by atoms with Gasteiger partial charge in [0.25, 0.3) is 0 Å². The van der Waals surface area contributed by atoms with Gasteiger partial charge in [-0.05, 0) is 6.92 Å². The number of carbonyl (C=O) groups is 1. The number of anilines is 2. The Morgan fingerprint density at radius 2 is 2.29 bits per heavy atom. The third kappa shape index (κ3) is 2.58. The van der Waals surface area contributed by atoms with Gasteiger partial charge in [0, 0.05) is 13.1 Å². The fourth-order valence-electron chi connectivity index (χ4n) is 0.955. The molecule has 0 aliphatic carbocycles. The van der Waals surface area contributed by atoms with Crippen molar-refractivity contribution in [3.63, 3.8) is 0 Å². The van der Waals surface area contributed by atoms with Crippen LogP contribution >= 0.6 is 0 Å². The second kappa shape index (κ2) is 4.40. The zero-order chi connectivity index (χ0) is 10.6. The lowest BCUT2D eigenvalue weighted by Gasteiger charge is -2.12. The molecule has 0 spiro atoms. The number of carbonyl (C=O) groups excluding carboxylic acids is 1. The van der Waals surface area contributed by atoms with Crippen molar-refractivity contribution in [2.45, 2.75) is 13.0 Å². The maximum Gasteiger partial charge on any atom is 0.241 e. The molecule has 0 aromatic carbocycles. The first-order valence-electron chi connectivity index (χ1n) is 4.19. The Kier molecular flexibility index (Phi) is 3.22. The van der Waals surface area contributed by atoms with E-state index < -0.39 is 0 Å². The molecule has 6 heteroatoms. The second-order valence-corrected chi connectivity index (χ2v) is 2.81. The quantitative estimate of drug-likeness (QED) is 0.610. The lowest BCUT2D eigenvalue weighted by molar-refractivity contribution is -0.121. The predicted molar refractivity (Wildman–Crippen MR) is 53.6 cm³/mol. The molecule has 1 rings (SSSR count). The Bertz CT molecular complexity index is 327. The average molecular weight is 195 g/mol. The van der Waals surface area contributed by atoms with E-state index in [2.05, 4.69) is 20.6 Å². The zero-order valence-corrected chi connectivity index (χ0v) is 8.11. The van der Waals surface area contributed by atoms with Gasteiger partial charge in [-0.15, -0.1) is 0 Å². The highest BCUT2D eigenvalue weighted by Gasteiger charge is 2.10. The van der Waals surface area contributed by atoms with Crippen LogP contribution in [0.15, 0.2) is 12.4 Å². The van der Waals surface area contributed by atoms with E-state index in [1.54, 1.807) is 20.0 Å². The van der Waals surface area contributed by atoms with Crippen LogP contribution in [0.25, 0.3) is 0 Å². The van der Waals surface area contributed by atoms with E-state index in [4.69, 9.17) is 5.73 Å². The molecule has 0 aliphatic rings. The van der Waals surface area contributed by atoms with Crippen molar-refractivity contribution in [1.82, 2.24) is 15.3 Å². The minimum absolute atomic E-state index is 0.109. The third-order valence-electron chi connectivity index (χ3n) is 1.69. The molecule has 0 saturated heterocycles. The maximum absolute atomic E-state index is 11.2. The number of nitrogens with two attached hydrogens (primary N) is 1. The number of nitrogen functional groups attached to an aromatic ring is 1. The van der Waals surface area contributed by atoms with Crippen LogP contribution in [0.4, 0.5) is 11.6 Å². The van der Waals surface area contributed by atoms with Crippen molar-refractivity contribution < 1.29 is 4.79 Å². The fourth-order valence-corrected chi connectivity index (χ4v) is 0.955. The molecule has 0 radical (unpaired) electrons. The van der Waals surface area contributed by atoms with Crippen molar-refractivity contribution in [3.8, 4) is 0 Å². The molecule has 1 heterocycles. The molecule has 1 aromatic rings. The normalized spacial score (nSPS) is 11.9. The smallest absolute Gasteiger partial charge is 0.241 e. The lowest BCUT2D eigenvalue weighted by Crippen LogP contribution is -2.35. The standard InChI is InChI=1S/C8H13N5O/c1-5(8(14)10-2)13-7-3-6(9)11-4-12-7/h3-5H,1-2H3,(H,10,14)(H3,9,11,12,13). The molecule has 76 valence electrons. The molecule has 1 aromatic heterocycles. The topological polar surface area (TPSA) is 92.9 Å². The highest BCUT2D eigenvalue weighted by Crippen LogP contribution is 2.06. The molecule has 0 aliphatic heterocycles. The molecule has 0 saturated carbocycles. The van der Waals surface area contributed by atoms with Crippen molar-refractivity contribution in [3.05, 3.63) is 12.4 Å². The predicted octanol–water partition coefficient (Wildman–Crippen LogP) is -0.395. The van der Waals surface area contributed by atoms with Crippen LogP contribution in [0.3, 0.4) is 0 Å². The first-order valence-corrected chi connectivity index (χ1v) is 4.19. The molecule has 1 atom stereocenters. The van der Waals surface area contributed by atoms with Gasteiger partial charge in [0.15, 0.2) is 0 Å². The molecule has 14 heavy (non-hydrogen) atoms. The van der Waals surface area contributed by atoms with Crippen molar-refractivity contribution in [2.24, 2.45) is 0 Å². The van der Waals surface area contributed by atoms with Crippen molar-refractivity contribution in [1.29, 1.82) is 0 Å². The fraction of sp³-hybridized carbons (Fsp3) is 0.375. The second-order valence-electron chi connectivity index (χ2n) is 2.81. The number of hydrogen-bond acceptors (Lipinski definition) is 5. The number of likely N-dealkylation sites (N-methyl/N-ethyl adjacent to an activating group) is 1. The summed E-state index contributed by atoms with van der Waals surface area (Å²) in [7, 11) is 1.58. The molecule has 1 amide bonds. The van der Waals surface area contributed by atoms with E-state index in [9.17, 15) is 4.79 Å². The van der Waals surface area contributed by atoms with Gasteiger partial charge >= 0.3 is 0 Å². The van der Waals surface area contributed by atoms with Crippen LogP contribution in [0.5, 0.6) is 0 Å². The Labute approximate surface area is 81.9 Å². The summed E-state index contributed by atoms with van der Waals surface area (Å²) in [6.45, 7) is 1.73. The van der Waals surface area contributed by atoms with Gasteiger partial charge in [0.05, 0.1) is 0 Å². The lowest BCUT2D eigenvalue weighted by atomic mass is 10.3. The summed E-state index contributed by atoms with van der Waals surface area (Å²) in [5, 5.41) is 5.41. The molecular weight excluding hydrogens is 182 g/mol. The van der Waals surface area contributed by atoms with E-state index in [1.165, 1.54) is 6.33 Å². The van der Waals surface area contributed by atoms with Crippen molar-refractivity contribution >= 4 is 17.5 Å². The van der Waals surface area contributed by atoms with Gasteiger partial charge in [0.1, 0.15) is 24.0 Å². The van der Waals surface area contributed by atoms with E-state index in [0.717, 1.165) is 0 Å². The number of nitrogens with one attached hydrogen (secondary N) is 2. The van der Waals surface area contributed by atoms with Gasteiger partial charge in [0.2, 0.25) is 5.91 Å². The Morgan fingerprint density at radius 3 is 2.86 bits per heavy atom. The minimum Gasteiger partial charge on any atom is -0.384 e. The van der Waals surface area contributed by atoms with Crippen LogP contribution < -0.4 is 16.4 Å². The van der Waals surface area contributed by atoms with Gasteiger partial charge in [-0.25, -0.2) is 9.97 Å². The van der Waals surface area contributed by atoms with Crippen LogP contribution in [-0.4, -0.2) is 29.0 Å². The maximum atomic E-state index is 11.2. The Balaban J connectivity index is 2.64. The van der Waals surface area contributed by atoms with Gasteiger partial charge in [-0.3, -0.25) is 4.79 Å². The summed E-state index contributed by atoms with van der Waals surface area (Å²) in [6, 6.07) is 1.22. The van der Waals surface area contributed by atoms with E-state index >= 15 is 0 Å². The molecule has 0 bridgehead atoms. The van der Waals surface area contributed by atoms with Crippen LogP contribution in [0.2, 0.25) is 0 Å². The number of aromatic nitrogens is 2. The summed E-state index contributed by atoms with van der Waals surface area (Å²) in [5.74, 6) is 0.794. The van der Waals surface area contributed by atoms with Crippen LogP contribution in [0.1, 0.15) is 6.92 Å². The van der Waals surface area contributed by atoms with Gasteiger partial charge in [-0.1, -0.05) is 0 Å². The van der Waals surface area contributed by atoms with Crippen LogP contribution in [0, 0.1) is 0 Å².